The highest BCUT2D eigenvalue weighted by atomic mass is 16.5. The average molecular weight is 383 g/mol. The van der Waals surface area contributed by atoms with Gasteiger partial charge in [-0.3, -0.25) is 0 Å². The van der Waals surface area contributed by atoms with Gasteiger partial charge in [0.05, 0.1) is 27.3 Å². The molecule has 3 rings (SSSR count). The lowest BCUT2D eigenvalue weighted by molar-refractivity contribution is 0.0432. The van der Waals surface area contributed by atoms with Gasteiger partial charge in [0.25, 0.3) is 0 Å². The molecule has 1 aliphatic rings. The van der Waals surface area contributed by atoms with Gasteiger partial charge in [-0.25, -0.2) is 4.99 Å². The summed E-state index contributed by atoms with van der Waals surface area (Å²) in [5.74, 6) is 2.06. The molecule has 1 unspecified atom stereocenters. The Labute approximate surface area is 166 Å². The molecule has 28 heavy (non-hydrogen) atoms. The monoisotopic (exact) mass is 383 g/mol. The van der Waals surface area contributed by atoms with E-state index in [1.54, 1.807) is 14.2 Å². The molecule has 0 amide bonds. The molecule has 0 bridgehead atoms. The number of ether oxygens (including phenoxy) is 2. The molecule has 0 aromatic heterocycles. The maximum absolute atomic E-state index is 11.1. The van der Waals surface area contributed by atoms with Gasteiger partial charge in [0, 0.05) is 6.54 Å². The van der Waals surface area contributed by atoms with E-state index >= 15 is 0 Å². The molecule has 1 aliphatic carbocycles. The molecule has 2 aromatic carbocycles. The van der Waals surface area contributed by atoms with E-state index in [9.17, 15) is 5.11 Å². The minimum atomic E-state index is -0.865. The smallest absolute Gasteiger partial charge is 0.191 e. The molecule has 0 spiro atoms. The summed E-state index contributed by atoms with van der Waals surface area (Å²) in [6.45, 7) is 3.67. The van der Waals surface area contributed by atoms with Crippen LogP contribution >= 0.6 is 0 Å². The van der Waals surface area contributed by atoms with E-state index in [2.05, 4.69) is 21.7 Å². The summed E-state index contributed by atoms with van der Waals surface area (Å²) in [5.41, 5.74) is 2.38. The highest BCUT2D eigenvalue weighted by Crippen LogP contribution is 2.36. The van der Waals surface area contributed by atoms with Crippen molar-refractivity contribution in [1.82, 2.24) is 10.6 Å². The van der Waals surface area contributed by atoms with Crippen LogP contribution in [0, 0.1) is 0 Å². The van der Waals surface area contributed by atoms with Crippen LogP contribution in [-0.4, -0.2) is 38.4 Å². The van der Waals surface area contributed by atoms with Gasteiger partial charge in [-0.15, -0.1) is 0 Å². The van der Waals surface area contributed by atoms with E-state index < -0.39 is 5.60 Å². The summed E-state index contributed by atoms with van der Waals surface area (Å²) in [5, 5.41) is 17.6. The first-order valence-electron chi connectivity index (χ1n) is 9.63. The normalized spacial score (nSPS) is 18.5. The molecule has 2 aromatic rings. The van der Waals surface area contributed by atoms with Gasteiger partial charge in [-0.1, -0.05) is 30.3 Å². The molecule has 3 N–H and O–H groups in total. The van der Waals surface area contributed by atoms with Crippen molar-refractivity contribution in [1.29, 1.82) is 0 Å². The highest BCUT2D eigenvalue weighted by Gasteiger charge is 2.36. The third kappa shape index (κ3) is 4.39. The molecule has 0 saturated heterocycles. The number of aliphatic imine (C=N–C) groups is 1. The number of guanidine groups is 1. The number of rotatable bonds is 7. The quantitative estimate of drug-likeness (QED) is 0.506. The second kappa shape index (κ2) is 8.97. The van der Waals surface area contributed by atoms with Gasteiger partial charge in [0.1, 0.15) is 5.60 Å². The van der Waals surface area contributed by atoms with Crippen LogP contribution in [0.4, 0.5) is 0 Å². The second-order valence-electron chi connectivity index (χ2n) is 6.93. The fraction of sp³-hybridized carbons (Fsp3) is 0.409. The van der Waals surface area contributed by atoms with E-state index in [0.29, 0.717) is 37.0 Å². The summed E-state index contributed by atoms with van der Waals surface area (Å²) in [6.07, 6.45) is 1.61. The first kappa shape index (κ1) is 20.0. The maximum atomic E-state index is 11.1. The molecule has 1 atom stereocenters. The third-order valence-corrected chi connectivity index (χ3v) is 5.09. The lowest BCUT2D eigenvalue weighted by Crippen LogP contribution is -2.45. The average Bonchev–Trinajstić information content (AvgIpc) is 3.07. The number of fused-ring (bicyclic) bond motifs is 1. The standard InChI is InChI=1S/C22H29N3O3/c1-4-23-21(24-14-16-9-10-19(27-2)20(13-16)28-3)25-15-22(26)12-11-17-7-5-6-8-18(17)22/h5-10,13,26H,4,11-12,14-15H2,1-3H3,(H2,23,24,25). The fourth-order valence-electron chi connectivity index (χ4n) is 3.57. The minimum Gasteiger partial charge on any atom is -0.493 e. The van der Waals surface area contributed by atoms with Crippen LogP contribution < -0.4 is 20.1 Å². The van der Waals surface area contributed by atoms with Crippen molar-refractivity contribution in [3.05, 3.63) is 59.2 Å². The Kier molecular flexibility index (Phi) is 6.41. The van der Waals surface area contributed by atoms with Crippen LogP contribution in [0.3, 0.4) is 0 Å². The van der Waals surface area contributed by atoms with Crippen molar-refractivity contribution in [2.45, 2.75) is 31.9 Å². The van der Waals surface area contributed by atoms with Crippen LogP contribution in [0.1, 0.15) is 30.0 Å². The van der Waals surface area contributed by atoms with Gasteiger partial charge in [0.15, 0.2) is 17.5 Å². The molecular weight excluding hydrogens is 354 g/mol. The maximum Gasteiger partial charge on any atom is 0.191 e. The summed E-state index contributed by atoms with van der Waals surface area (Å²) < 4.78 is 10.6. The van der Waals surface area contributed by atoms with Crippen molar-refractivity contribution in [3.63, 3.8) is 0 Å². The second-order valence-corrected chi connectivity index (χ2v) is 6.93. The van der Waals surface area contributed by atoms with E-state index in [-0.39, 0.29) is 0 Å². The van der Waals surface area contributed by atoms with E-state index in [4.69, 9.17) is 9.47 Å². The number of aliphatic hydroxyl groups is 1. The molecule has 150 valence electrons. The summed E-state index contributed by atoms with van der Waals surface area (Å²) in [4.78, 5) is 4.65. The zero-order valence-corrected chi connectivity index (χ0v) is 16.8. The Balaban J connectivity index is 1.68. The number of hydrogen-bond donors (Lipinski definition) is 3. The number of nitrogens with zero attached hydrogens (tertiary/aromatic N) is 1. The SMILES string of the molecule is CCNC(=NCc1ccc(OC)c(OC)c1)NCC1(O)CCc2ccccc21. The lowest BCUT2D eigenvalue weighted by atomic mass is 9.96. The van der Waals surface area contributed by atoms with Crippen LogP contribution in [0.15, 0.2) is 47.5 Å². The van der Waals surface area contributed by atoms with Crippen LogP contribution in [-0.2, 0) is 18.6 Å². The Morgan fingerprint density at radius 1 is 1.11 bits per heavy atom. The van der Waals surface area contributed by atoms with E-state index in [1.165, 1.54) is 5.56 Å². The van der Waals surface area contributed by atoms with Crippen LogP contribution in [0.25, 0.3) is 0 Å². The Morgan fingerprint density at radius 2 is 1.89 bits per heavy atom. The number of methoxy groups -OCH3 is 2. The van der Waals surface area contributed by atoms with Crippen molar-refractivity contribution in [2.24, 2.45) is 4.99 Å². The van der Waals surface area contributed by atoms with Crippen molar-refractivity contribution >= 4 is 5.96 Å². The minimum absolute atomic E-state index is 0.418. The number of benzene rings is 2. The Morgan fingerprint density at radius 3 is 2.64 bits per heavy atom. The first-order chi connectivity index (χ1) is 13.6. The van der Waals surface area contributed by atoms with E-state index in [0.717, 1.165) is 24.1 Å². The first-order valence-corrected chi connectivity index (χ1v) is 9.63. The lowest BCUT2D eigenvalue weighted by Gasteiger charge is -2.25. The van der Waals surface area contributed by atoms with Gasteiger partial charge < -0.3 is 25.2 Å². The Bertz CT molecular complexity index is 838. The predicted molar refractivity (Wildman–Crippen MR) is 111 cm³/mol. The zero-order valence-electron chi connectivity index (χ0n) is 16.8. The topological polar surface area (TPSA) is 75.1 Å². The molecule has 6 nitrogen and oxygen atoms in total. The van der Waals surface area contributed by atoms with Crippen molar-refractivity contribution in [3.8, 4) is 11.5 Å². The van der Waals surface area contributed by atoms with Crippen LogP contribution in [0.2, 0.25) is 0 Å². The largest absolute Gasteiger partial charge is 0.493 e. The Hall–Kier alpha value is -2.73. The van der Waals surface area contributed by atoms with Gasteiger partial charge in [-0.2, -0.15) is 0 Å². The molecular formula is C22H29N3O3. The highest BCUT2D eigenvalue weighted by molar-refractivity contribution is 5.79. The predicted octanol–water partition coefficient (Wildman–Crippen LogP) is 2.59. The summed E-state index contributed by atoms with van der Waals surface area (Å²) >= 11 is 0. The molecule has 0 aliphatic heterocycles. The molecule has 0 radical (unpaired) electrons. The van der Waals surface area contributed by atoms with Crippen LogP contribution in [0.5, 0.6) is 11.5 Å². The molecule has 0 heterocycles. The summed E-state index contributed by atoms with van der Waals surface area (Å²) in [6, 6.07) is 13.9. The fourth-order valence-corrected chi connectivity index (χ4v) is 3.57. The molecule has 0 saturated carbocycles. The number of aryl methyl sites for hydroxylation is 1. The summed E-state index contributed by atoms with van der Waals surface area (Å²) in [7, 11) is 3.24. The number of hydrogen-bond acceptors (Lipinski definition) is 4. The van der Waals surface area contributed by atoms with Gasteiger partial charge in [-0.05, 0) is 48.6 Å². The number of nitrogens with one attached hydrogen (secondary N) is 2. The van der Waals surface area contributed by atoms with Crippen molar-refractivity contribution < 1.29 is 14.6 Å². The molecule has 6 heteroatoms. The van der Waals surface area contributed by atoms with Gasteiger partial charge in [0.2, 0.25) is 0 Å². The third-order valence-electron chi connectivity index (χ3n) is 5.09. The van der Waals surface area contributed by atoms with Crippen molar-refractivity contribution in [2.75, 3.05) is 27.3 Å². The van der Waals surface area contributed by atoms with Gasteiger partial charge >= 0.3 is 0 Å². The van der Waals surface area contributed by atoms with E-state index in [1.807, 2.05) is 43.3 Å². The zero-order chi connectivity index (χ0) is 20.0. The molecule has 0 fully saturated rings.